The fourth-order valence-electron chi connectivity index (χ4n) is 3.15. The molecule has 0 heterocycles. The second-order valence-electron chi connectivity index (χ2n) is 5.20. The van der Waals surface area contributed by atoms with Crippen molar-refractivity contribution < 1.29 is 9.59 Å². The SMILES string of the molecule is O=C(Cl)c1ccc2c(c1)-c1cccc3c(C(=O)Cl)ccc-2c13. The fraction of sp³-hybridized carbons (Fsp3) is 0. The van der Waals surface area contributed by atoms with Crippen LogP contribution in [0.1, 0.15) is 20.7 Å². The molecule has 0 aliphatic heterocycles. The van der Waals surface area contributed by atoms with Gasteiger partial charge >= 0.3 is 0 Å². The van der Waals surface area contributed by atoms with Crippen molar-refractivity contribution in [2.24, 2.45) is 0 Å². The average Bonchev–Trinajstić information content (AvgIpc) is 2.83. The summed E-state index contributed by atoms with van der Waals surface area (Å²) in [5, 5.41) is 0.854. The summed E-state index contributed by atoms with van der Waals surface area (Å²) in [5.74, 6) is 0. The maximum Gasteiger partial charge on any atom is 0.253 e. The van der Waals surface area contributed by atoms with E-state index in [1.807, 2.05) is 30.3 Å². The van der Waals surface area contributed by atoms with Crippen LogP contribution in [0.15, 0.2) is 48.5 Å². The third-order valence-electron chi connectivity index (χ3n) is 4.08. The van der Waals surface area contributed by atoms with E-state index < -0.39 is 10.5 Å². The van der Waals surface area contributed by atoms with Crippen LogP contribution in [0.2, 0.25) is 0 Å². The number of halogens is 2. The molecular weight excluding hydrogens is 319 g/mol. The molecule has 0 spiro atoms. The maximum absolute atomic E-state index is 11.6. The molecule has 106 valence electrons. The van der Waals surface area contributed by atoms with E-state index in [1.165, 1.54) is 0 Å². The number of carbonyl (C=O) groups is 2. The first-order chi connectivity index (χ1) is 10.6. The largest absolute Gasteiger partial charge is 0.276 e. The molecule has 2 nitrogen and oxygen atoms in total. The summed E-state index contributed by atoms with van der Waals surface area (Å²) in [4.78, 5) is 23.0. The van der Waals surface area contributed by atoms with Crippen molar-refractivity contribution in [2.75, 3.05) is 0 Å². The minimum Gasteiger partial charge on any atom is -0.276 e. The van der Waals surface area contributed by atoms with Crippen molar-refractivity contribution in [3.05, 3.63) is 59.7 Å². The molecule has 0 radical (unpaired) electrons. The first-order valence-electron chi connectivity index (χ1n) is 6.68. The van der Waals surface area contributed by atoms with Crippen molar-refractivity contribution in [1.29, 1.82) is 0 Å². The number of hydrogen-bond donors (Lipinski definition) is 0. The highest BCUT2D eigenvalue weighted by Gasteiger charge is 2.24. The number of rotatable bonds is 2. The Morgan fingerprint density at radius 2 is 1.45 bits per heavy atom. The predicted octanol–water partition coefficient (Wildman–Crippen LogP) is 5.25. The van der Waals surface area contributed by atoms with Gasteiger partial charge in [0.1, 0.15) is 0 Å². The van der Waals surface area contributed by atoms with Crippen LogP contribution in [0.3, 0.4) is 0 Å². The molecule has 0 fully saturated rings. The molecule has 1 aliphatic rings. The molecule has 3 aromatic rings. The molecule has 1 aliphatic carbocycles. The lowest BCUT2D eigenvalue weighted by atomic mass is 9.99. The third kappa shape index (κ3) is 1.75. The molecule has 0 atom stereocenters. The van der Waals surface area contributed by atoms with Crippen LogP contribution in [0.5, 0.6) is 0 Å². The minimum absolute atomic E-state index is 0.457. The second kappa shape index (κ2) is 4.67. The molecule has 0 unspecified atom stereocenters. The van der Waals surface area contributed by atoms with Crippen molar-refractivity contribution in [3.63, 3.8) is 0 Å². The van der Waals surface area contributed by atoms with Crippen LogP contribution in [0.4, 0.5) is 0 Å². The zero-order valence-electron chi connectivity index (χ0n) is 11.2. The lowest BCUT2D eigenvalue weighted by molar-refractivity contribution is 0.107. The molecule has 0 saturated heterocycles. The average molecular weight is 327 g/mol. The van der Waals surface area contributed by atoms with Crippen molar-refractivity contribution in [2.45, 2.75) is 0 Å². The van der Waals surface area contributed by atoms with Gasteiger partial charge in [-0.1, -0.05) is 30.3 Å². The van der Waals surface area contributed by atoms with Crippen molar-refractivity contribution in [1.82, 2.24) is 0 Å². The smallest absolute Gasteiger partial charge is 0.253 e. The molecule has 0 aromatic heterocycles. The zero-order valence-corrected chi connectivity index (χ0v) is 12.7. The summed E-state index contributed by atoms with van der Waals surface area (Å²) in [6, 6.07) is 14.8. The lowest BCUT2D eigenvalue weighted by Crippen LogP contribution is -1.91. The molecule has 0 amide bonds. The molecule has 4 heteroatoms. The molecule has 4 rings (SSSR count). The van der Waals surface area contributed by atoms with Gasteiger partial charge in [0.2, 0.25) is 0 Å². The second-order valence-corrected chi connectivity index (χ2v) is 5.88. The van der Waals surface area contributed by atoms with E-state index in [-0.39, 0.29) is 0 Å². The summed E-state index contributed by atoms with van der Waals surface area (Å²) in [5.41, 5.74) is 4.95. The van der Waals surface area contributed by atoms with Crippen LogP contribution in [-0.4, -0.2) is 10.5 Å². The van der Waals surface area contributed by atoms with Gasteiger partial charge in [-0.3, -0.25) is 9.59 Å². The highest BCUT2D eigenvalue weighted by atomic mass is 35.5. The van der Waals surface area contributed by atoms with Gasteiger partial charge in [-0.2, -0.15) is 0 Å². The fourth-order valence-corrected chi connectivity index (χ4v) is 3.43. The molecule has 0 bridgehead atoms. The first kappa shape index (κ1) is 13.5. The van der Waals surface area contributed by atoms with E-state index in [2.05, 4.69) is 0 Å². The van der Waals surface area contributed by atoms with Gasteiger partial charge in [0.15, 0.2) is 0 Å². The van der Waals surface area contributed by atoms with Gasteiger partial charge in [-0.05, 0) is 74.4 Å². The Labute approximate surface area is 136 Å². The summed E-state index contributed by atoms with van der Waals surface area (Å²) in [6.07, 6.45) is 0. The minimum atomic E-state index is -0.484. The Morgan fingerprint density at radius 1 is 0.727 bits per heavy atom. The highest BCUT2D eigenvalue weighted by molar-refractivity contribution is 6.69. The van der Waals surface area contributed by atoms with E-state index in [4.69, 9.17) is 23.2 Å². The van der Waals surface area contributed by atoms with E-state index in [1.54, 1.807) is 18.2 Å². The summed E-state index contributed by atoms with van der Waals surface area (Å²) < 4.78 is 0. The highest BCUT2D eigenvalue weighted by Crippen LogP contribution is 2.48. The van der Waals surface area contributed by atoms with Gasteiger partial charge in [-0.15, -0.1) is 0 Å². The van der Waals surface area contributed by atoms with E-state index in [0.717, 1.165) is 33.0 Å². The van der Waals surface area contributed by atoms with Gasteiger partial charge in [0, 0.05) is 11.1 Å². The monoisotopic (exact) mass is 326 g/mol. The molecular formula is C18H8Cl2O2. The Balaban J connectivity index is 2.12. The Bertz CT molecular complexity index is 990. The molecule has 22 heavy (non-hydrogen) atoms. The predicted molar refractivity (Wildman–Crippen MR) is 88.7 cm³/mol. The van der Waals surface area contributed by atoms with Gasteiger partial charge in [-0.25, -0.2) is 0 Å². The van der Waals surface area contributed by atoms with Crippen LogP contribution in [0, 0.1) is 0 Å². The van der Waals surface area contributed by atoms with E-state index in [9.17, 15) is 9.59 Å². The van der Waals surface area contributed by atoms with Gasteiger partial charge in [0.05, 0.1) is 0 Å². The van der Waals surface area contributed by atoms with Gasteiger partial charge < -0.3 is 0 Å². The van der Waals surface area contributed by atoms with Gasteiger partial charge in [0.25, 0.3) is 10.5 Å². The maximum atomic E-state index is 11.6. The van der Waals surface area contributed by atoms with Crippen molar-refractivity contribution in [3.8, 4) is 22.3 Å². The third-order valence-corrected chi connectivity index (χ3v) is 4.50. The number of carbonyl (C=O) groups excluding carboxylic acids is 2. The van der Waals surface area contributed by atoms with Crippen LogP contribution in [-0.2, 0) is 0 Å². The Hall–Kier alpha value is -2.16. The van der Waals surface area contributed by atoms with Crippen LogP contribution < -0.4 is 0 Å². The molecule has 0 N–H and O–H groups in total. The topological polar surface area (TPSA) is 34.1 Å². The molecule has 0 saturated carbocycles. The number of hydrogen-bond acceptors (Lipinski definition) is 2. The standard InChI is InChI=1S/C18H8Cl2O2/c19-17(21)9-4-5-10-13-6-7-14(18(20)22)11-2-1-3-12(16(11)13)15(10)8-9/h1-8H. The first-order valence-corrected chi connectivity index (χ1v) is 7.43. The Morgan fingerprint density at radius 3 is 2.18 bits per heavy atom. The summed E-state index contributed by atoms with van der Waals surface area (Å²) >= 11 is 11.3. The number of fused-ring (bicyclic) bond motifs is 3. The quantitative estimate of drug-likeness (QED) is 0.472. The number of benzene rings is 3. The van der Waals surface area contributed by atoms with Crippen LogP contribution in [0.25, 0.3) is 33.0 Å². The summed E-state index contributed by atoms with van der Waals surface area (Å²) in [7, 11) is 0. The lowest BCUT2D eigenvalue weighted by Gasteiger charge is -2.05. The van der Waals surface area contributed by atoms with Crippen LogP contribution >= 0.6 is 23.2 Å². The Kier molecular flexibility index (Phi) is 2.86. The zero-order chi connectivity index (χ0) is 15.4. The van der Waals surface area contributed by atoms with E-state index >= 15 is 0 Å². The normalized spacial score (nSPS) is 11.5. The van der Waals surface area contributed by atoms with Crippen molar-refractivity contribution >= 4 is 44.5 Å². The molecule has 3 aromatic carbocycles. The van der Waals surface area contributed by atoms with E-state index in [0.29, 0.717) is 11.1 Å². The summed E-state index contributed by atoms with van der Waals surface area (Å²) in [6.45, 7) is 0.